The summed E-state index contributed by atoms with van der Waals surface area (Å²) >= 11 is 0. The molecule has 0 fully saturated rings. The average Bonchev–Trinajstić information content (AvgIpc) is 2.12. The van der Waals surface area contributed by atoms with Crippen LogP contribution in [0, 0.1) is 16.7 Å². The largest absolute Gasteiger partial charge is 0.392 e. The minimum atomic E-state index is -1.33. The summed E-state index contributed by atoms with van der Waals surface area (Å²) in [4.78, 5) is 0. The zero-order valence-corrected chi connectivity index (χ0v) is 12.9. The molecule has 0 aromatic heterocycles. The maximum Gasteiger partial charge on any atom is 0.0776 e. The van der Waals surface area contributed by atoms with Gasteiger partial charge in [0.25, 0.3) is 0 Å². The maximum atomic E-state index is 10.0. The molecule has 1 unspecified atom stereocenters. The van der Waals surface area contributed by atoms with E-state index < -0.39 is 19.6 Å². The van der Waals surface area contributed by atoms with Gasteiger partial charge in [-0.3, -0.25) is 0 Å². The van der Waals surface area contributed by atoms with Crippen molar-refractivity contribution >= 4 is 8.07 Å². The van der Waals surface area contributed by atoms with E-state index in [9.17, 15) is 5.11 Å². The summed E-state index contributed by atoms with van der Waals surface area (Å²) in [6.07, 6.45) is 0.239. The van der Waals surface area contributed by atoms with E-state index in [1.165, 1.54) is 0 Å². The van der Waals surface area contributed by atoms with Crippen molar-refractivity contribution in [1.29, 1.82) is 5.26 Å². The van der Waals surface area contributed by atoms with E-state index in [1.807, 2.05) is 13.8 Å². The Balaban J connectivity index is 4.44. The first-order chi connectivity index (χ1) is 6.94. The lowest BCUT2D eigenvalue weighted by atomic mass is 9.87. The van der Waals surface area contributed by atoms with Gasteiger partial charge in [-0.1, -0.05) is 39.9 Å². The van der Waals surface area contributed by atoms with Gasteiger partial charge >= 0.3 is 0 Å². The number of hydrogen-bond donors (Lipinski definition) is 1. The molecule has 0 aromatic carbocycles. The summed E-state index contributed by atoms with van der Waals surface area (Å²) in [5.41, 5.74) is -0.623. The highest BCUT2D eigenvalue weighted by Gasteiger charge is 2.37. The second-order valence-electron chi connectivity index (χ2n) is 7.02. The number of nitriles is 1. The Morgan fingerprint density at radius 2 is 1.62 bits per heavy atom. The molecular formula is C13H27NOSi. The molecule has 0 aliphatic heterocycles. The second kappa shape index (κ2) is 4.89. The number of aliphatic hydroxyl groups excluding tert-OH is 1. The van der Waals surface area contributed by atoms with Crippen LogP contribution in [0.4, 0.5) is 0 Å². The zero-order valence-electron chi connectivity index (χ0n) is 11.9. The Bertz CT molecular complexity index is 271. The Hall–Kier alpha value is -0.333. The number of nitrogens with zero attached hydrogens (tertiary/aromatic N) is 1. The van der Waals surface area contributed by atoms with Gasteiger partial charge < -0.3 is 5.11 Å². The molecule has 0 radical (unpaired) electrons. The van der Waals surface area contributed by atoms with Gasteiger partial charge in [-0.15, -0.1) is 0 Å². The van der Waals surface area contributed by atoms with Crippen molar-refractivity contribution < 1.29 is 5.11 Å². The predicted molar refractivity (Wildman–Crippen MR) is 72.0 cm³/mol. The third-order valence-electron chi connectivity index (χ3n) is 4.19. The molecule has 0 rings (SSSR count). The minimum absolute atomic E-state index is 0.351. The highest BCUT2D eigenvalue weighted by atomic mass is 28.3. The fourth-order valence-electron chi connectivity index (χ4n) is 1.31. The van der Waals surface area contributed by atoms with E-state index in [1.54, 1.807) is 0 Å². The molecule has 0 saturated heterocycles. The lowest BCUT2D eigenvalue weighted by Crippen LogP contribution is -2.39. The van der Waals surface area contributed by atoms with E-state index in [2.05, 4.69) is 39.9 Å². The van der Waals surface area contributed by atoms with Gasteiger partial charge in [-0.25, -0.2) is 0 Å². The Labute approximate surface area is 102 Å². The van der Waals surface area contributed by atoms with E-state index in [-0.39, 0.29) is 0 Å². The molecule has 0 heterocycles. The van der Waals surface area contributed by atoms with Crippen molar-refractivity contribution in [1.82, 2.24) is 0 Å². The van der Waals surface area contributed by atoms with Gasteiger partial charge in [0.1, 0.15) is 0 Å². The van der Waals surface area contributed by atoms with Crippen LogP contribution in [0.1, 0.15) is 41.0 Å². The van der Waals surface area contributed by atoms with Crippen LogP contribution in [-0.4, -0.2) is 19.3 Å². The summed E-state index contributed by atoms with van der Waals surface area (Å²) in [7, 11) is -1.33. The lowest BCUT2D eigenvalue weighted by Gasteiger charge is -2.38. The van der Waals surface area contributed by atoms with E-state index in [0.29, 0.717) is 5.04 Å². The van der Waals surface area contributed by atoms with Gasteiger partial charge in [0, 0.05) is 0 Å². The molecule has 0 saturated carbocycles. The number of hydrogen-bond acceptors (Lipinski definition) is 2. The predicted octanol–water partition coefficient (Wildman–Crippen LogP) is 3.80. The smallest absolute Gasteiger partial charge is 0.0776 e. The minimum Gasteiger partial charge on any atom is -0.392 e. The lowest BCUT2D eigenvalue weighted by molar-refractivity contribution is 0.0826. The van der Waals surface area contributed by atoms with Crippen molar-refractivity contribution in [3.63, 3.8) is 0 Å². The fourth-order valence-corrected chi connectivity index (χ4v) is 3.05. The van der Waals surface area contributed by atoms with Gasteiger partial charge in [-0.2, -0.15) is 5.26 Å². The fraction of sp³-hybridized carbons (Fsp3) is 0.923. The van der Waals surface area contributed by atoms with Gasteiger partial charge in [0.15, 0.2) is 0 Å². The van der Waals surface area contributed by atoms with Crippen molar-refractivity contribution in [2.24, 2.45) is 5.41 Å². The van der Waals surface area contributed by atoms with Crippen molar-refractivity contribution in [3.8, 4) is 6.07 Å². The molecule has 2 nitrogen and oxygen atoms in total. The normalized spacial score (nSPS) is 15.7. The maximum absolute atomic E-state index is 10.0. The van der Waals surface area contributed by atoms with Crippen LogP contribution in [-0.2, 0) is 0 Å². The molecule has 16 heavy (non-hydrogen) atoms. The molecule has 1 N–H and O–H groups in total. The third-order valence-corrected chi connectivity index (χ3v) is 9.79. The van der Waals surface area contributed by atoms with Crippen LogP contribution >= 0.6 is 0 Å². The summed E-state index contributed by atoms with van der Waals surface area (Å²) in [6, 6.07) is 3.25. The molecule has 0 amide bonds. The SMILES string of the molecule is CC(C)(C#N)C(O)CC[Si](C)(C)C(C)(C)C. The van der Waals surface area contributed by atoms with Crippen LogP contribution in [0.5, 0.6) is 0 Å². The first kappa shape index (κ1) is 15.7. The first-order valence-corrected chi connectivity index (χ1v) is 9.24. The van der Waals surface area contributed by atoms with Crippen LogP contribution in [0.15, 0.2) is 0 Å². The highest BCUT2D eigenvalue weighted by molar-refractivity contribution is 6.80. The summed E-state index contributed by atoms with van der Waals surface area (Å²) in [5.74, 6) is 0. The van der Waals surface area contributed by atoms with Crippen molar-refractivity contribution in [3.05, 3.63) is 0 Å². The highest BCUT2D eigenvalue weighted by Crippen LogP contribution is 2.40. The molecule has 0 aliphatic rings. The molecule has 94 valence electrons. The summed E-state index contributed by atoms with van der Waals surface area (Å²) < 4.78 is 0. The molecule has 1 atom stereocenters. The van der Waals surface area contributed by atoms with Gasteiger partial charge in [0.05, 0.1) is 25.7 Å². The third kappa shape index (κ3) is 3.91. The van der Waals surface area contributed by atoms with Crippen molar-refractivity contribution in [2.45, 2.75) is 71.3 Å². The first-order valence-electron chi connectivity index (χ1n) is 6.03. The van der Waals surface area contributed by atoms with E-state index in [0.717, 1.165) is 12.5 Å². The van der Waals surface area contributed by atoms with Gasteiger partial charge in [0.2, 0.25) is 0 Å². The Morgan fingerprint density at radius 3 is 1.94 bits per heavy atom. The van der Waals surface area contributed by atoms with Crippen molar-refractivity contribution in [2.75, 3.05) is 0 Å². The monoisotopic (exact) mass is 241 g/mol. The van der Waals surface area contributed by atoms with Crippen LogP contribution in [0.3, 0.4) is 0 Å². The summed E-state index contributed by atoms with van der Waals surface area (Å²) in [5, 5.41) is 19.3. The van der Waals surface area contributed by atoms with Crippen LogP contribution in [0.25, 0.3) is 0 Å². The Morgan fingerprint density at radius 1 is 1.19 bits per heavy atom. The molecule has 0 aromatic rings. The standard InChI is InChI=1S/C13H27NOSi/c1-12(2,3)16(6,7)9-8-11(15)13(4,5)10-14/h11,15H,8-9H2,1-7H3. The molecule has 0 bridgehead atoms. The molecular weight excluding hydrogens is 214 g/mol. The number of rotatable bonds is 4. The van der Waals surface area contributed by atoms with Crippen LogP contribution in [0.2, 0.25) is 24.2 Å². The topological polar surface area (TPSA) is 44.0 Å². The Kier molecular flexibility index (Phi) is 4.79. The quantitative estimate of drug-likeness (QED) is 0.761. The zero-order chi connectivity index (χ0) is 13.2. The van der Waals surface area contributed by atoms with E-state index in [4.69, 9.17) is 5.26 Å². The van der Waals surface area contributed by atoms with Gasteiger partial charge in [-0.05, 0) is 25.3 Å². The summed E-state index contributed by atoms with van der Waals surface area (Å²) in [6.45, 7) is 15.2. The number of aliphatic hydroxyl groups is 1. The second-order valence-corrected chi connectivity index (χ2v) is 12.8. The molecule has 0 aliphatic carbocycles. The van der Waals surface area contributed by atoms with Crippen LogP contribution < -0.4 is 0 Å². The van der Waals surface area contributed by atoms with E-state index >= 15 is 0 Å². The molecule has 3 heteroatoms. The molecule has 0 spiro atoms. The average molecular weight is 241 g/mol.